The third-order valence-electron chi connectivity index (χ3n) is 5.32. The molecule has 36 heavy (non-hydrogen) atoms. The maximum absolute atomic E-state index is 13.0. The molecule has 0 atom stereocenters. The number of amides is 3. The molecule has 1 heterocycles. The zero-order valence-corrected chi connectivity index (χ0v) is 21.5. The van der Waals surface area contributed by atoms with E-state index in [0.29, 0.717) is 43.9 Å². The van der Waals surface area contributed by atoms with Crippen molar-refractivity contribution in [2.24, 2.45) is 0 Å². The molecule has 1 N–H and O–H groups in total. The number of nitrogens with one attached hydrogen (secondary N) is 1. The summed E-state index contributed by atoms with van der Waals surface area (Å²) in [7, 11) is 3.04. The first kappa shape index (κ1) is 25.6. The fourth-order valence-electron chi connectivity index (χ4n) is 3.46. The van der Waals surface area contributed by atoms with Crippen molar-refractivity contribution >= 4 is 63.8 Å². The Kier molecular flexibility index (Phi) is 7.88. The molecular formula is C26H20Cl2N2O5S. The van der Waals surface area contributed by atoms with Gasteiger partial charge in [0.1, 0.15) is 11.5 Å². The first-order valence-electron chi connectivity index (χ1n) is 10.6. The average Bonchev–Trinajstić information content (AvgIpc) is 3.13. The summed E-state index contributed by atoms with van der Waals surface area (Å²) in [5.41, 5.74) is 2.15. The van der Waals surface area contributed by atoms with Crippen LogP contribution in [-0.2, 0) is 11.3 Å². The molecule has 0 aromatic heterocycles. The number of thioether (sulfide) groups is 1. The van der Waals surface area contributed by atoms with Gasteiger partial charge in [0.25, 0.3) is 17.1 Å². The summed E-state index contributed by atoms with van der Waals surface area (Å²) < 4.78 is 10.5. The van der Waals surface area contributed by atoms with Crippen LogP contribution in [0.15, 0.2) is 65.6 Å². The number of methoxy groups -OCH3 is 2. The summed E-state index contributed by atoms with van der Waals surface area (Å²) in [4.78, 5) is 39.6. The summed E-state index contributed by atoms with van der Waals surface area (Å²) in [5.74, 6) is 0.326. The Morgan fingerprint density at radius 3 is 2.39 bits per heavy atom. The SMILES string of the molecule is COc1ccc(C(=O)Nc2cc(C=C3SC(=O)N(Cc4ccc(Cl)c(Cl)c4)C3=O)ccc2OC)cc1. The molecule has 0 radical (unpaired) electrons. The summed E-state index contributed by atoms with van der Waals surface area (Å²) in [5, 5.41) is 3.17. The number of halogens is 2. The highest BCUT2D eigenvalue weighted by Crippen LogP contribution is 2.35. The van der Waals surface area contributed by atoms with E-state index >= 15 is 0 Å². The minimum Gasteiger partial charge on any atom is -0.497 e. The molecule has 3 aromatic carbocycles. The van der Waals surface area contributed by atoms with Crippen molar-refractivity contribution in [3.8, 4) is 11.5 Å². The van der Waals surface area contributed by atoms with Gasteiger partial charge in [0.2, 0.25) is 0 Å². The van der Waals surface area contributed by atoms with E-state index in [1.165, 1.54) is 7.11 Å². The predicted molar refractivity (Wildman–Crippen MR) is 142 cm³/mol. The fourth-order valence-corrected chi connectivity index (χ4v) is 4.62. The summed E-state index contributed by atoms with van der Waals surface area (Å²) in [6.45, 7) is 0.0741. The van der Waals surface area contributed by atoms with Crippen molar-refractivity contribution in [3.63, 3.8) is 0 Å². The van der Waals surface area contributed by atoms with Gasteiger partial charge in [-0.15, -0.1) is 0 Å². The number of imide groups is 1. The third kappa shape index (κ3) is 5.67. The summed E-state index contributed by atoms with van der Waals surface area (Å²) >= 11 is 12.8. The molecule has 7 nitrogen and oxygen atoms in total. The second-order valence-corrected chi connectivity index (χ2v) is 9.47. The van der Waals surface area contributed by atoms with Crippen LogP contribution in [0.25, 0.3) is 6.08 Å². The molecule has 1 saturated heterocycles. The number of benzene rings is 3. The number of ether oxygens (including phenoxy) is 2. The van der Waals surface area contributed by atoms with Gasteiger partial charge in [-0.05, 0) is 77.5 Å². The van der Waals surface area contributed by atoms with Crippen LogP contribution in [0.1, 0.15) is 21.5 Å². The largest absolute Gasteiger partial charge is 0.497 e. The van der Waals surface area contributed by atoms with Gasteiger partial charge in [-0.2, -0.15) is 0 Å². The highest BCUT2D eigenvalue weighted by atomic mass is 35.5. The van der Waals surface area contributed by atoms with Gasteiger partial charge in [0.15, 0.2) is 0 Å². The van der Waals surface area contributed by atoms with Crippen molar-refractivity contribution in [1.82, 2.24) is 4.90 Å². The Morgan fingerprint density at radius 1 is 0.972 bits per heavy atom. The first-order chi connectivity index (χ1) is 17.3. The minimum atomic E-state index is -0.421. The first-order valence-corrected chi connectivity index (χ1v) is 12.2. The summed E-state index contributed by atoms with van der Waals surface area (Å²) in [6, 6.07) is 16.7. The van der Waals surface area contributed by atoms with E-state index in [1.807, 2.05) is 0 Å². The van der Waals surface area contributed by atoms with Crippen molar-refractivity contribution in [2.45, 2.75) is 6.54 Å². The van der Waals surface area contributed by atoms with Crippen LogP contribution >= 0.6 is 35.0 Å². The number of hydrogen-bond acceptors (Lipinski definition) is 6. The second-order valence-electron chi connectivity index (χ2n) is 7.66. The summed E-state index contributed by atoms with van der Waals surface area (Å²) in [6.07, 6.45) is 1.60. The standard InChI is InChI=1S/C26H20Cl2N2O5S/c1-34-18-7-5-17(6-8-18)24(31)29-21-12-15(4-10-22(21)35-2)13-23-25(32)30(26(33)36-23)14-16-3-9-19(27)20(28)11-16/h3-13H,14H2,1-2H3,(H,29,31). The average molecular weight is 543 g/mol. The minimum absolute atomic E-state index is 0.0741. The van der Waals surface area contributed by atoms with E-state index in [9.17, 15) is 14.4 Å². The maximum atomic E-state index is 13.0. The molecule has 3 aromatic rings. The van der Waals surface area contributed by atoms with Crippen LogP contribution in [0.4, 0.5) is 10.5 Å². The van der Waals surface area contributed by atoms with Gasteiger partial charge >= 0.3 is 0 Å². The monoisotopic (exact) mass is 542 g/mol. The van der Waals surface area contributed by atoms with Crippen molar-refractivity contribution in [3.05, 3.63) is 92.3 Å². The van der Waals surface area contributed by atoms with E-state index < -0.39 is 5.91 Å². The number of hydrogen-bond donors (Lipinski definition) is 1. The molecule has 4 rings (SSSR count). The molecule has 1 aliphatic heterocycles. The molecule has 184 valence electrons. The molecule has 0 bridgehead atoms. The van der Waals surface area contributed by atoms with Crippen LogP contribution in [0, 0.1) is 0 Å². The normalized spacial score (nSPS) is 14.3. The van der Waals surface area contributed by atoms with Crippen molar-refractivity contribution < 1.29 is 23.9 Å². The lowest BCUT2D eigenvalue weighted by molar-refractivity contribution is -0.123. The Balaban J connectivity index is 1.54. The fraction of sp³-hybridized carbons (Fsp3) is 0.115. The van der Waals surface area contributed by atoms with E-state index in [4.69, 9.17) is 32.7 Å². The highest BCUT2D eigenvalue weighted by Gasteiger charge is 2.35. The van der Waals surface area contributed by atoms with E-state index in [2.05, 4.69) is 5.32 Å². The lowest BCUT2D eigenvalue weighted by Crippen LogP contribution is -2.27. The molecule has 0 aliphatic carbocycles. The lowest BCUT2D eigenvalue weighted by atomic mass is 10.1. The lowest BCUT2D eigenvalue weighted by Gasteiger charge is -2.13. The number of carbonyl (C=O) groups excluding carboxylic acids is 3. The molecule has 1 aliphatic rings. The molecular weight excluding hydrogens is 523 g/mol. The van der Waals surface area contributed by atoms with Crippen molar-refractivity contribution in [1.29, 1.82) is 0 Å². The Hall–Kier alpha value is -3.46. The number of rotatable bonds is 7. The zero-order valence-electron chi connectivity index (χ0n) is 19.2. The molecule has 0 spiro atoms. The van der Waals surface area contributed by atoms with Crippen LogP contribution in [0.5, 0.6) is 11.5 Å². The number of nitrogens with zero attached hydrogens (tertiary/aromatic N) is 1. The van der Waals surface area contributed by atoms with Gasteiger partial charge in [0.05, 0.1) is 41.4 Å². The molecule has 0 saturated carbocycles. The highest BCUT2D eigenvalue weighted by molar-refractivity contribution is 8.18. The number of anilines is 1. The molecule has 10 heteroatoms. The van der Waals surface area contributed by atoms with E-state index in [1.54, 1.807) is 73.8 Å². The Bertz CT molecular complexity index is 1380. The smallest absolute Gasteiger partial charge is 0.293 e. The van der Waals surface area contributed by atoms with Crippen LogP contribution in [0.3, 0.4) is 0 Å². The maximum Gasteiger partial charge on any atom is 0.293 e. The predicted octanol–water partition coefficient (Wildman–Crippen LogP) is 6.50. The third-order valence-corrected chi connectivity index (χ3v) is 6.97. The van der Waals surface area contributed by atoms with Crippen LogP contribution in [0.2, 0.25) is 10.0 Å². The quantitative estimate of drug-likeness (QED) is 0.343. The zero-order chi connectivity index (χ0) is 25.8. The van der Waals surface area contributed by atoms with Gasteiger partial charge in [-0.25, -0.2) is 0 Å². The van der Waals surface area contributed by atoms with Gasteiger partial charge < -0.3 is 14.8 Å². The Morgan fingerprint density at radius 2 is 1.72 bits per heavy atom. The van der Waals surface area contributed by atoms with E-state index in [0.717, 1.165) is 16.7 Å². The van der Waals surface area contributed by atoms with E-state index in [-0.39, 0.29) is 22.6 Å². The van der Waals surface area contributed by atoms with Gasteiger partial charge in [0, 0.05) is 5.56 Å². The topological polar surface area (TPSA) is 84.9 Å². The molecule has 1 fully saturated rings. The Labute approximate surface area is 222 Å². The molecule has 0 unspecified atom stereocenters. The van der Waals surface area contributed by atoms with Crippen molar-refractivity contribution in [2.75, 3.05) is 19.5 Å². The van der Waals surface area contributed by atoms with Gasteiger partial charge in [-0.3, -0.25) is 19.3 Å². The second kappa shape index (κ2) is 11.1. The molecule has 3 amide bonds. The van der Waals surface area contributed by atoms with Crippen LogP contribution < -0.4 is 14.8 Å². The van der Waals surface area contributed by atoms with Crippen LogP contribution in [-0.4, -0.2) is 36.2 Å². The number of carbonyl (C=O) groups is 3. The van der Waals surface area contributed by atoms with Gasteiger partial charge in [-0.1, -0.05) is 35.3 Å².